The Hall–Kier alpha value is -3.99. The molecule has 2 N–H and O–H groups in total. The highest BCUT2D eigenvalue weighted by Crippen LogP contribution is 2.29. The minimum absolute atomic E-state index is 0.0481. The smallest absolute Gasteiger partial charge is 0.296 e. The van der Waals surface area contributed by atoms with Crippen molar-refractivity contribution in [3.05, 3.63) is 88.2 Å². The van der Waals surface area contributed by atoms with Gasteiger partial charge >= 0.3 is 0 Å². The van der Waals surface area contributed by atoms with E-state index in [4.69, 9.17) is 4.74 Å². The van der Waals surface area contributed by atoms with E-state index < -0.39 is 26.7 Å². The van der Waals surface area contributed by atoms with E-state index in [1.54, 1.807) is 0 Å². The Morgan fingerprint density at radius 3 is 2.42 bits per heavy atom. The molecule has 0 aliphatic heterocycles. The number of carbonyl (C=O) groups is 1. The number of methoxy groups -OCH3 is 1. The summed E-state index contributed by atoms with van der Waals surface area (Å²) in [6, 6.07) is 13.8. The van der Waals surface area contributed by atoms with Crippen LogP contribution in [0.25, 0.3) is 0 Å². The summed E-state index contributed by atoms with van der Waals surface area (Å²) in [4.78, 5) is 23.0. The second-order valence-corrected chi connectivity index (χ2v) is 7.92. The molecular weight excluding hydrogens is 429 g/mol. The van der Waals surface area contributed by atoms with Gasteiger partial charge in [0.05, 0.1) is 23.0 Å². The molecule has 0 fully saturated rings. The van der Waals surface area contributed by atoms with Crippen LogP contribution < -0.4 is 14.8 Å². The number of nitro benzene ring substituents is 1. The molecule has 11 heteroatoms. The van der Waals surface area contributed by atoms with Crippen LogP contribution in [0.4, 0.5) is 21.5 Å². The Morgan fingerprint density at radius 1 is 1.06 bits per heavy atom. The van der Waals surface area contributed by atoms with Crippen molar-refractivity contribution < 1.29 is 27.3 Å². The molecule has 0 atom stereocenters. The lowest BCUT2D eigenvalue weighted by Gasteiger charge is -2.11. The molecule has 0 saturated heterocycles. The lowest BCUT2D eigenvalue weighted by Crippen LogP contribution is -2.15. The van der Waals surface area contributed by atoms with E-state index in [1.807, 2.05) is 0 Å². The van der Waals surface area contributed by atoms with Crippen LogP contribution >= 0.6 is 0 Å². The van der Waals surface area contributed by atoms with Crippen LogP contribution in [0.15, 0.2) is 71.6 Å². The first-order valence-electron chi connectivity index (χ1n) is 8.72. The first-order valence-corrected chi connectivity index (χ1v) is 10.2. The second-order valence-electron chi connectivity index (χ2n) is 6.23. The fourth-order valence-corrected chi connectivity index (χ4v) is 3.69. The summed E-state index contributed by atoms with van der Waals surface area (Å²) in [6.07, 6.45) is 0. The molecular formula is C20H16FN3O6S. The summed E-state index contributed by atoms with van der Waals surface area (Å²) in [5.74, 6) is -1.01. The number of nitrogens with zero attached hydrogens (tertiary/aromatic N) is 1. The number of sulfonamides is 1. The number of nitro groups is 1. The summed E-state index contributed by atoms with van der Waals surface area (Å²) in [6.45, 7) is 0. The van der Waals surface area contributed by atoms with Gasteiger partial charge in [-0.3, -0.25) is 19.6 Å². The monoisotopic (exact) mass is 445 g/mol. The molecule has 0 aliphatic rings. The number of ether oxygens (including phenoxy) is 1. The number of carbonyl (C=O) groups excluding carboxylic acids is 1. The normalized spacial score (nSPS) is 10.9. The minimum Gasteiger partial charge on any atom is -0.496 e. The van der Waals surface area contributed by atoms with Gasteiger partial charge in [0, 0.05) is 11.3 Å². The number of nitrogens with one attached hydrogen (secondary N) is 2. The molecule has 0 aliphatic carbocycles. The third-order valence-electron chi connectivity index (χ3n) is 4.15. The van der Waals surface area contributed by atoms with Crippen molar-refractivity contribution in [3.8, 4) is 5.75 Å². The number of rotatable bonds is 7. The molecule has 0 radical (unpaired) electrons. The summed E-state index contributed by atoms with van der Waals surface area (Å²) in [5.41, 5.74) is -0.264. The lowest BCUT2D eigenvalue weighted by molar-refractivity contribution is -0.384. The molecule has 0 unspecified atom stereocenters. The van der Waals surface area contributed by atoms with Gasteiger partial charge in [-0.05, 0) is 54.6 Å². The lowest BCUT2D eigenvalue weighted by atomic mass is 10.2. The van der Waals surface area contributed by atoms with Crippen molar-refractivity contribution in [2.45, 2.75) is 4.90 Å². The van der Waals surface area contributed by atoms with Crippen LogP contribution in [0.1, 0.15) is 10.4 Å². The van der Waals surface area contributed by atoms with Crippen molar-refractivity contribution in [3.63, 3.8) is 0 Å². The van der Waals surface area contributed by atoms with E-state index in [2.05, 4.69) is 10.0 Å². The van der Waals surface area contributed by atoms with Crippen molar-refractivity contribution in [1.29, 1.82) is 0 Å². The van der Waals surface area contributed by atoms with Gasteiger partial charge in [0.15, 0.2) is 0 Å². The Labute approximate surface area is 176 Å². The number of anilines is 2. The van der Waals surface area contributed by atoms with Crippen molar-refractivity contribution in [2.24, 2.45) is 0 Å². The average Bonchev–Trinajstić information content (AvgIpc) is 2.74. The molecule has 3 aromatic carbocycles. The molecule has 160 valence electrons. The Balaban J connectivity index is 1.82. The van der Waals surface area contributed by atoms with Gasteiger partial charge in [-0.1, -0.05) is 6.07 Å². The molecule has 1 amide bonds. The van der Waals surface area contributed by atoms with E-state index in [1.165, 1.54) is 49.6 Å². The average molecular weight is 445 g/mol. The SMILES string of the molecule is COc1ccc(NC(=O)c2cccc(NS(=O)(=O)c3ccc(F)cc3)c2)c([N+](=O)[O-])c1. The fraction of sp³-hybridized carbons (Fsp3) is 0.0500. The maximum absolute atomic E-state index is 13.0. The van der Waals surface area contributed by atoms with Gasteiger partial charge in [0.1, 0.15) is 17.3 Å². The van der Waals surface area contributed by atoms with Gasteiger partial charge in [-0.25, -0.2) is 12.8 Å². The quantitative estimate of drug-likeness (QED) is 0.421. The van der Waals surface area contributed by atoms with Crippen molar-refractivity contribution >= 4 is 33.0 Å². The standard InChI is InChI=1S/C20H16FN3O6S/c1-30-16-7-10-18(19(12-16)24(26)27)22-20(25)13-3-2-4-15(11-13)23-31(28,29)17-8-5-14(21)6-9-17/h2-12,23H,1H3,(H,22,25). The van der Waals surface area contributed by atoms with Gasteiger partial charge in [0.25, 0.3) is 21.6 Å². The Kier molecular flexibility index (Phi) is 6.16. The third-order valence-corrected chi connectivity index (χ3v) is 5.55. The van der Waals surface area contributed by atoms with Crippen LogP contribution in [-0.2, 0) is 10.0 Å². The zero-order valence-corrected chi connectivity index (χ0v) is 16.9. The second kappa shape index (κ2) is 8.79. The Morgan fingerprint density at radius 2 is 1.77 bits per heavy atom. The minimum atomic E-state index is -4.01. The van der Waals surface area contributed by atoms with E-state index in [9.17, 15) is 27.7 Å². The predicted molar refractivity (Wildman–Crippen MR) is 111 cm³/mol. The predicted octanol–water partition coefficient (Wildman–Crippen LogP) is 3.80. The number of amides is 1. The summed E-state index contributed by atoms with van der Waals surface area (Å²) in [5, 5.41) is 13.7. The molecule has 0 bridgehead atoms. The highest BCUT2D eigenvalue weighted by atomic mass is 32.2. The molecule has 0 heterocycles. The van der Waals surface area contributed by atoms with Gasteiger partial charge in [-0.2, -0.15) is 0 Å². The zero-order valence-electron chi connectivity index (χ0n) is 16.0. The molecule has 0 saturated carbocycles. The molecule has 3 rings (SSSR count). The highest BCUT2D eigenvalue weighted by Gasteiger charge is 2.19. The Bertz CT molecular complexity index is 1250. The number of hydrogen-bond donors (Lipinski definition) is 2. The maximum atomic E-state index is 13.0. The van der Waals surface area contributed by atoms with Crippen molar-refractivity contribution in [2.75, 3.05) is 17.1 Å². The summed E-state index contributed by atoms with van der Waals surface area (Å²) < 4.78 is 45.2. The van der Waals surface area contributed by atoms with Crippen LogP contribution in [0, 0.1) is 15.9 Å². The summed E-state index contributed by atoms with van der Waals surface area (Å²) >= 11 is 0. The highest BCUT2D eigenvalue weighted by molar-refractivity contribution is 7.92. The van der Waals surface area contributed by atoms with E-state index in [-0.39, 0.29) is 33.3 Å². The molecule has 0 aromatic heterocycles. The van der Waals surface area contributed by atoms with Crippen LogP contribution in [0.3, 0.4) is 0 Å². The van der Waals surface area contributed by atoms with Crippen LogP contribution in [-0.4, -0.2) is 26.4 Å². The summed E-state index contributed by atoms with van der Waals surface area (Å²) in [7, 11) is -2.65. The first kappa shape index (κ1) is 21.7. The number of benzene rings is 3. The van der Waals surface area contributed by atoms with Crippen LogP contribution in [0.2, 0.25) is 0 Å². The first-order chi connectivity index (χ1) is 14.7. The van der Waals surface area contributed by atoms with Gasteiger partial charge in [0.2, 0.25) is 0 Å². The van der Waals surface area contributed by atoms with Gasteiger partial charge in [-0.15, -0.1) is 0 Å². The fourth-order valence-electron chi connectivity index (χ4n) is 2.64. The van der Waals surface area contributed by atoms with E-state index >= 15 is 0 Å². The number of halogens is 1. The maximum Gasteiger partial charge on any atom is 0.296 e. The van der Waals surface area contributed by atoms with Gasteiger partial charge < -0.3 is 10.1 Å². The zero-order chi connectivity index (χ0) is 22.6. The molecule has 9 nitrogen and oxygen atoms in total. The van der Waals surface area contributed by atoms with E-state index in [0.29, 0.717) is 0 Å². The topological polar surface area (TPSA) is 128 Å². The largest absolute Gasteiger partial charge is 0.496 e. The molecule has 3 aromatic rings. The third kappa shape index (κ3) is 5.14. The molecule has 31 heavy (non-hydrogen) atoms. The van der Waals surface area contributed by atoms with Crippen LogP contribution in [0.5, 0.6) is 5.75 Å². The van der Waals surface area contributed by atoms with Crippen molar-refractivity contribution in [1.82, 2.24) is 0 Å². The number of hydrogen-bond acceptors (Lipinski definition) is 6. The molecule has 0 spiro atoms. The van der Waals surface area contributed by atoms with E-state index in [0.717, 1.165) is 24.3 Å².